The van der Waals surface area contributed by atoms with Crippen molar-refractivity contribution in [3.05, 3.63) is 70.5 Å². The van der Waals surface area contributed by atoms with Crippen LogP contribution < -0.4 is 0 Å². The number of likely N-dealkylation sites (tertiary alicyclic amines) is 1. The standard InChI is InChI=1S/C21H20ClN3O2/c1-2-14-7-9-15(10-8-14)21-23-20(24-27-21)17-11-19(26)25(13-17)12-16-5-3-4-6-18(16)22/h3-10,17H,2,11-13H2,1H3. The molecule has 2 heterocycles. The molecule has 6 heteroatoms. The van der Waals surface area contributed by atoms with Gasteiger partial charge in [-0.2, -0.15) is 4.98 Å². The molecule has 0 radical (unpaired) electrons. The zero-order chi connectivity index (χ0) is 18.8. The van der Waals surface area contributed by atoms with E-state index in [-0.39, 0.29) is 11.8 Å². The van der Waals surface area contributed by atoms with E-state index in [1.807, 2.05) is 36.4 Å². The van der Waals surface area contributed by atoms with Crippen molar-refractivity contribution in [2.45, 2.75) is 32.2 Å². The summed E-state index contributed by atoms with van der Waals surface area (Å²) in [6, 6.07) is 15.7. The van der Waals surface area contributed by atoms with Gasteiger partial charge in [-0.05, 0) is 35.7 Å². The van der Waals surface area contributed by atoms with Crippen LogP contribution in [0.3, 0.4) is 0 Å². The lowest BCUT2D eigenvalue weighted by Crippen LogP contribution is -2.24. The molecule has 1 aromatic heterocycles. The zero-order valence-corrected chi connectivity index (χ0v) is 15.8. The molecule has 4 rings (SSSR count). The number of carbonyl (C=O) groups is 1. The van der Waals surface area contributed by atoms with Crippen molar-refractivity contribution in [3.8, 4) is 11.5 Å². The normalized spacial score (nSPS) is 16.9. The molecular formula is C21H20ClN3O2. The first-order valence-electron chi connectivity index (χ1n) is 9.08. The van der Waals surface area contributed by atoms with Gasteiger partial charge in [0.05, 0.1) is 0 Å². The smallest absolute Gasteiger partial charge is 0.257 e. The fraction of sp³-hybridized carbons (Fsp3) is 0.286. The number of hydrogen-bond donors (Lipinski definition) is 0. The number of aryl methyl sites for hydroxylation is 1. The molecule has 0 aliphatic carbocycles. The van der Waals surface area contributed by atoms with Gasteiger partial charge in [0.1, 0.15) is 0 Å². The van der Waals surface area contributed by atoms with Crippen LogP contribution in [0.1, 0.15) is 36.2 Å². The number of halogens is 1. The molecule has 5 nitrogen and oxygen atoms in total. The first-order valence-corrected chi connectivity index (χ1v) is 9.46. The Hall–Kier alpha value is -2.66. The van der Waals surface area contributed by atoms with Gasteiger partial charge in [-0.15, -0.1) is 0 Å². The molecule has 1 atom stereocenters. The number of nitrogens with zero attached hydrogens (tertiary/aromatic N) is 3. The third kappa shape index (κ3) is 3.74. The fourth-order valence-corrected chi connectivity index (χ4v) is 3.53. The second-order valence-corrected chi connectivity index (χ2v) is 7.18. The maximum atomic E-state index is 12.4. The Bertz CT molecular complexity index is 952. The number of aromatic nitrogens is 2. The monoisotopic (exact) mass is 381 g/mol. The van der Waals surface area contributed by atoms with Crippen molar-refractivity contribution in [1.82, 2.24) is 15.0 Å². The van der Waals surface area contributed by atoms with Gasteiger partial charge in [0.2, 0.25) is 5.91 Å². The van der Waals surface area contributed by atoms with Crippen molar-refractivity contribution in [2.24, 2.45) is 0 Å². The van der Waals surface area contributed by atoms with Crippen LogP contribution in [0.5, 0.6) is 0 Å². The average molecular weight is 382 g/mol. The average Bonchev–Trinajstić information content (AvgIpc) is 3.31. The second kappa shape index (κ2) is 7.53. The van der Waals surface area contributed by atoms with Gasteiger partial charge in [-0.1, -0.05) is 54.0 Å². The zero-order valence-electron chi connectivity index (χ0n) is 15.1. The molecule has 1 aliphatic rings. The molecule has 0 bridgehead atoms. The van der Waals surface area contributed by atoms with Gasteiger partial charge in [0, 0.05) is 36.0 Å². The summed E-state index contributed by atoms with van der Waals surface area (Å²) in [5.41, 5.74) is 3.09. The van der Waals surface area contributed by atoms with E-state index in [9.17, 15) is 4.79 Å². The minimum Gasteiger partial charge on any atom is -0.338 e. The van der Waals surface area contributed by atoms with Crippen LogP contribution in [0.2, 0.25) is 5.02 Å². The van der Waals surface area contributed by atoms with Crippen molar-refractivity contribution in [2.75, 3.05) is 6.54 Å². The Morgan fingerprint density at radius 1 is 1.19 bits per heavy atom. The van der Waals surface area contributed by atoms with E-state index in [1.165, 1.54) is 5.56 Å². The minimum absolute atomic E-state index is 0.0626. The largest absolute Gasteiger partial charge is 0.338 e. The quantitative estimate of drug-likeness (QED) is 0.654. The third-order valence-corrected chi connectivity index (χ3v) is 5.32. The predicted octanol–water partition coefficient (Wildman–Crippen LogP) is 4.47. The summed E-state index contributed by atoms with van der Waals surface area (Å²) in [4.78, 5) is 18.7. The summed E-state index contributed by atoms with van der Waals surface area (Å²) >= 11 is 6.22. The highest BCUT2D eigenvalue weighted by Crippen LogP contribution is 2.30. The van der Waals surface area contributed by atoms with Crippen molar-refractivity contribution in [1.29, 1.82) is 0 Å². The Labute approximate surface area is 163 Å². The fourth-order valence-electron chi connectivity index (χ4n) is 3.33. The summed E-state index contributed by atoms with van der Waals surface area (Å²) in [7, 11) is 0. The van der Waals surface area contributed by atoms with E-state index < -0.39 is 0 Å². The van der Waals surface area contributed by atoms with Gasteiger partial charge in [0.25, 0.3) is 5.89 Å². The lowest BCUT2D eigenvalue weighted by atomic mass is 10.1. The highest BCUT2D eigenvalue weighted by molar-refractivity contribution is 6.31. The summed E-state index contributed by atoms with van der Waals surface area (Å²) in [6.07, 6.45) is 1.37. The summed E-state index contributed by atoms with van der Waals surface area (Å²) in [5, 5.41) is 4.79. The molecular weight excluding hydrogens is 362 g/mol. The number of amides is 1. The van der Waals surface area contributed by atoms with Crippen LogP contribution in [-0.4, -0.2) is 27.5 Å². The van der Waals surface area contributed by atoms with Crippen LogP contribution in [0.15, 0.2) is 53.1 Å². The minimum atomic E-state index is -0.0626. The van der Waals surface area contributed by atoms with Gasteiger partial charge >= 0.3 is 0 Å². The number of benzene rings is 2. The van der Waals surface area contributed by atoms with Gasteiger partial charge in [-0.25, -0.2) is 0 Å². The van der Waals surface area contributed by atoms with Crippen molar-refractivity contribution >= 4 is 17.5 Å². The van der Waals surface area contributed by atoms with E-state index in [2.05, 4.69) is 29.2 Å². The molecule has 1 aliphatic heterocycles. The molecule has 1 amide bonds. The van der Waals surface area contributed by atoms with Crippen molar-refractivity contribution < 1.29 is 9.32 Å². The van der Waals surface area contributed by atoms with E-state index in [0.29, 0.717) is 36.2 Å². The molecule has 2 aromatic carbocycles. The lowest BCUT2D eigenvalue weighted by molar-refractivity contribution is -0.128. The molecule has 3 aromatic rings. The van der Waals surface area contributed by atoms with E-state index >= 15 is 0 Å². The predicted molar refractivity (Wildman–Crippen MR) is 103 cm³/mol. The first-order chi connectivity index (χ1) is 13.1. The summed E-state index contributed by atoms with van der Waals surface area (Å²) < 4.78 is 5.43. The Morgan fingerprint density at radius 2 is 1.96 bits per heavy atom. The molecule has 1 fully saturated rings. The first kappa shape index (κ1) is 17.7. The molecule has 138 valence electrons. The molecule has 1 saturated heterocycles. The van der Waals surface area contributed by atoms with E-state index in [1.54, 1.807) is 4.90 Å². The highest BCUT2D eigenvalue weighted by atomic mass is 35.5. The molecule has 0 spiro atoms. The molecule has 1 unspecified atom stereocenters. The van der Waals surface area contributed by atoms with Gasteiger partial charge in [0.15, 0.2) is 5.82 Å². The SMILES string of the molecule is CCc1ccc(-c2nc(C3CC(=O)N(Cc4ccccc4Cl)C3)no2)cc1. The number of rotatable bonds is 5. The lowest BCUT2D eigenvalue weighted by Gasteiger charge is -2.16. The molecule has 0 saturated carbocycles. The van der Waals surface area contributed by atoms with Crippen LogP contribution in [0.4, 0.5) is 0 Å². The topological polar surface area (TPSA) is 59.2 Å². The maximum absolute atomic E-state index is 12.4. The van der Waals surface area contributed by atoms with Crippen LogP contribution in [0.25, 0.3) is 11.5 Å². The van der Waals surface area contributed by atoms with Crippen LogP contribution in [0, 0.1) is 0 Å². The van der Waals surface area contributed by atoms with Crippen molar-refractivity contribution in [3.63, 3.8) is 0 Å². The maximum Gasteiger partial charge on any atom is 0.257 e. The number of hydrogen-bond acceptors (Lipinski definition) is 4. The molecule has 0 N–H and O–H groups in total. The Morgan fingerprint density at radius 3 is 2.70 bits per heavy atom. The summed E-state index contributed by atoms with van der Waals surface area (Å²) in [6.45, 7) is 3.18. The van der Waals surface area contributed by atoms with E-state index in [0.717, 1.165) is 17.5 Å². The molecule has 27 heavy (non-hydrogen) atoms. The van der Waals surface area contributed by atoms with Gasteiger partial charge < -0.3 is 9.42 Å². The Balaban J connectivity index is 1.47. The second-order valence-electron chi connectivity index (χ2n) is 6.77. The van der Waals surface area contributed by atoms with Crippen LogP contribution >= 0.6 is 11.6 Å². The highest BCUT2D eigenvalue weighted by Gasteiger charge is 2.34. The van der Waals surface area contributed by atoms with Gasteiger partial charge in [-0.3, -0.25) is 4.79 Å². The van der Waals surface area contributed by atoms with Crippen LogP contribution in [-0.2, 0) is 17.8 Å². The summed E-state index contributed by atoms with van der Waals surface area (Å²) in [5.74, 6) is 1.09. The number of carbonyl (C=O) groups excluding carboxylic acids is 1. The Kier molecular flexibility index (Phi) is 4.94. The van der Waals surface area contributed by atoms with E-state index in [4.69, 9.17) is 16.1 Å². The third-order valence-electron chi connectivity index (χ3n) is 4.95.